The monoisotopic (exact) mass is 282 g/mol. The van der Waals surface area contributed by atoms with Gasteiger partial charge in [-0.2, -0.15) is 5.10 Å². The summed E-state index contributed by atoms with van der Waals surface area (Å²) in [5.74, 6) is -0.275. The maximum atomic E-state index is 12.7. The van der Waals surface area contributed by atoms with Crippen LogP contribution in [0.3, 0.4) is 0 Å². The van der Waals surface area contributed by atoms with E-state index in [1.807, 2.05) is 0 Å². The van der Waals surface area contributed by atoms with Crippen LogP contribution in [0.15, 0.2) is 24.3 Å². The van der Waals surface area contributed by atoms with Crippen LogP contribution in [0.4, 0.5) is 4.39 Å². The quantitative estimate of drug-likeness (QED) is 0.869. The lowest BCUT2D eigenvalue weighted by Crippen LogP contribution is -2.21. The highest BCUT2D eigenvalue weighted by Crippen LogP contribution is 2.19. The van der Waals surface area contributed by atoms with Crippen molar-refractivity contribution in [2.45, 2.75) is 13.8 Å². The second-order valence-electron chi connectivity index (χ2n) is 4.03. The second-order valence-corrected chi connectivity index (χ2v) is 4.41. The van der Waals surface area contributed by atoms with Gasteiger partial charge in [-0.3, -0.25) is 4.79 Å². The van der Waals surface area contributed by atoms with Crippen LogP contribution >= 0.6 is 11.6 Å². The first-order valence-corrected chi connectivity index (χ1v) is 6.00. The van der Waals surface area contributed by atoms with E-state index in [0.29, 0.717) is 22.2 Å². The van der Waals surface area contributed by atoms with Gasteiger partial charge >= 0.3 is 0 Å². The Balaban J connectivity index is 2.05. The molecule has 0 aliphatic carbocycles. The molecule has 6 heteroatoms. The van der Waals surface area contributed by atoms with Gasteiger partial charge in [-0.05, 0) is 38.1 Å². The highest BCUT2D eigenvalue weighted by Gasteiger charge is 2.15. The fourth-order valence-corrected chi connectivity index (χ4v) is 1.72. The minimum Gasteiger partial charge on any atom is -0.484 e. The van der Waals surface area contributed by atoms with Crippen LogP contribution in [0.1, 0.15) is 16.2 Å². The number of hydrogen-bond acceptors (Lipinski definition) is 3. The predicted molar refractivity (Wildman–Crippen MR) is 69.2 cm³/mol. The first-order chi connectivity index (χ1) is 8.99. The lowest BCUT2D eigenvalue weighted by Gasteiger charge is -2.06. The second kappa shape index (κ2) is 5.40. The van der Waals surface area contributed by atoms with Crippen molar-refractivity contribution < 1.29 is 13.9 Å². The average Bonchev–Trinajstić information content (AvgIpc) is 2.65. The molecule has 0 aliphatic rings. The van der Waals surface area contributed by atoms with Gasteiger partial charge in [0.25, 0.3) is 5.91 Å². The van der Waals surface area contributed by atoms with Gasteiger partial charge in [0.2, 0.25) is 0 Å². The third kappa shape index (κ3) is 2.93. The molecule has 0 amide bonds. The minimum absolute atomic E-state index is 0.191. The van der Waals surface area contributed by atoms with E-state index < -0.39 is 0 Å². The Labute approximate surface area is 114 Å². The molecule has 0 radical (unpaired) electrons. The van der Waals surface area contributed by atoms with Crippen molar-refractivity contribution in [1.82, 2.24) is 9.78 Å². The van der Waals surface area contributed by atoms with Gasteiger partial charge in [-0.25, -0.2) is 9.07 Å². The molecule has 100 valence electrons. The molecule has 0 saturated heterocycles. The summed E-state index contributed by atoms with van der Waals surface area (Å²) < 4.78 is 19.2. The number of carbonyl (C=O) groups excluding carboxylic acids is 1. The topological polar surface area (TPSA) is 44.1 Å². The van der Waals surface area contributed by atoms with Gasteiger partial charge < -0.3 is 4.74 Å². The van der Waals surface area contributed by atoms with Crippen molar-refractivity contribution in [3.63, 3.8) is 0 Å². The van der Waals surface area contributed by atoms with E-state index in [4.69, 9.17) is 16.3 Å². The van der Waals surface area contributed by atoms with Crippen molar-refractivity contribution in [3.8, 4) is 5.75 Å². The molecule has 0 N–H and O–H groups in total. The summed E-state index contributed by atoms with van der Waals surface area (Å²) in [6.07, 6.45) is 0. The smallest absolute Gasteiger partial charge is 0.285 e. The SMILES string of the molecule is Cc1nn(C(=O)COc2ccc(F)cc2)c(C)c1Cl. The molecule has 1 aromatic heterocycles. The molecule has 0 unspecified atom stereocenters. The maximum absolute atomic E-state index is 12.7. The fourth-order valence-electron chi connectivity index (χ4n) is 1.60. The highest BCUT2D eigenvalue weighted by atomic mass is 35.5. The molecule has 0 bridgehead atoms. The molecule has 2 rings (SSSR count). The zero-order valence-electron chi connectivity index (χ0n) is 10.5. The zero-order valence-corrected chi connectivity index (χ0v) is 11.2. The van der Waals surface area contributed by atoms with Crippen LogP contribution in [0.5, 0.6) is 5.75 Å². The number of halogens is 2. The standard InChI is InChI=1S/C13H12ClFN2O2/c1-8-13(14)9(2)17(16-8)12(18)7-19-11-5-3-10(15)4-6-11/h3-6H,7H2,1-2H3. The van der Waals surface area contributed by atoms with Crippen molar-refractivity contribution >= 4 is 17.5 Å². The minimum atomic E-state index is -0.357. The lowest BCUT2D eigenvalue weighted by atomic mass is 10.3. The van der Waals surface area contributed by atoms with Crippen LogP contribution in [-0.2, 0) is 0 Å². The Kier molecular flexibility index (Phi) is 3.85. The van der Waals surface area contributed by atoms with Crippen LogP contribution in [-0.4, -0.2) is 22.3 Å². The van der Waals surface area contributed by atoms with Gasteiger partial charge in [0.1, 0.15) is 11.6 Å². The van der Waals surface area contributed by atoms with Gasteiger partial charge in [0.05, 0.1) is 16.4 Å². The molecule has 0 aliphatic heterocycles. The number of aromatic nitrogens is 2. The zero-order chi connectivity index (χ0) is 14.0. The lowest BCUT2D eigenvalue weighted by molar-refractivity contribution is 0.0818. The number of ether oxygens (including phenoxy) is 1. The van der Waals surface area contributed by atoms with E-state index in [1.165, 1.54) is 28.9 Å². The molecule has 19 heavy (non-hydrogen) atoms. The van der Waals surface area contributed by atoms with E-state index in [2.05, 4.69) is 5.10 Å². The molecule has 0 atom stereocenters. The van der Waals surface area contributed by atoms with E-state index in [1.54, 1.807) is 13.8 Å². The molecule has 0 spiro atoms. The van der Waals surface area contributed by atoms with Gasteiger partial charge in [0, 0.05) is 0 Å². The summed E-state index contributed by atoms with van der Waals surface area (Å²) in [6, 6.07) is 5.44. The molecule has 0 fully saturated rings. The number of nitrogens with zero attached hydrogens (tertiary/aromatic N) is 2. The summed E-state index contributed by atoms with van der Waals surface area (Å²) in [5, 5.41) is 4.50. The summed E-state index contributed by atoms with van der Waals surface area (Å²) in [4.78, 5) is 11.9. The molecular formula is C13H12ClFN2O2. The number of aryl methyl sites for hydroxylation is 1. The number of benzene rings is 1. The van der Waals surface area contributed by atoms with Crippen LogP contribution in [0.2, 0.25) is 5.02 Å². The van der Waals surface area contributed by atoms with Crippen molar-refractivity contribution in [2.24, 2.45) is 0 Å². The Morgan fingerprint density at radius 3 is 2.53 bits per heavy atom. The van der Waals surface area contributed by atoms with E-state index >= 15 is 0 Å². The van der Waals surface area contributed by atoms with Gasteiger partial charge in [-0.1, -0.05) is 11.6 Å². The Morgan fingerprint density at radius 2 is 2.00 bits per heavy atom. The molecule has 1 heterocycles. The van der Waals surface area contributed by atoms with E-state index in [-0.39, 0.29) is 18.3 Å². The summed E-state index contributed by atoms with van der Waals surface area (Å²) >= 11 is 5.96. The summed E-state index contributed by atoms with van der Waals surface area (Å²) in [7, 11) is 0. The number of rotatable bonds is 3. The van der Waals surface area contributed by atoms with Crippen molar-refractivity contribution in [2.75, 3.05) is 6.61 Å². The van der Waals surface area contributed by atoms with E-state index in [9.17, 15) is 9.18 Å². The van der Waals surface area contributed by atoms with Crippen LogP contribution in [0.25, 0.3) is 0 Å². The fraction of sp³-hybridized carbons (Fsp3) is 0.231. The Bertz CT molecular complexity index is 608. The highest BCUT2D eigenvalue weighted by molar-refractivity contribution is 6.32. The first-order valence-electron chi connectivity index (χ1n) is 5.62. The largest absolute Gasteiger partial charge is 0.484 e. The maximum Gasteiger partial charge on any atom is 0.285 e. The molecule has 1 aromatic carbocycles. The molecule has 4 nitrogen and oxygen atoms in total. The summed E-state index contributed by atoms with van der Waals surface area (Å²) in [6.45, 7) is 3.24. The predicted octanol–water partition coefficient (Wildman–Crippen LogP) is 3.01. The van der Waals surface area contributed by atoms with Crippen molar-refractivity contribution in [1.29, 1.82) is 0 Å². The number of hydrogen-bond donors (Lipinski definition) is 0. The third-order valence-corrected chi connectivity index (χ3v) is 3.16. The Hall–Kier alpha value is -1.88. The first kappa shape index (κ1) is 13.5. The third-order valence-electron chi connectivity index (χ3n) is 2.62. The summed E-state index contributed by atoms with van der Waals surface area (Å²) in [5.41, 5.74) is 1.17. The van der Waals surface area contributed by atoms with Gasteiger partial charge in [-0.15, -0.1) is 0 Å². The van der Waals surface area contributed by atoms with Crippen molar-refractivity contribution in [3.05, 3.63) is 46.5 Å². The normalized spacial score (nSPS) is 10.5. The molecular weight excluding hydrogens is 271 g/mol. The van der Waals surface area contributed by atoms with Crippen LogP contribution in [0, 0.1) is 19.7 Å². The molecule has 2 aromatic rings. The Morgan fingerprint density at radius 1 is 1.37 bits per heavy atom. The van der Waals surface area contributed by atoms with E-state index in [0.717, 1.165) is 0 Å². The van der Waals surface area contributed by atoms with Crippen LogP contribution < -0.4 is 4.74 Å². The average molecular weight is 283 g/mol. The molecule has 0 saturated carbocycles. The van der Waals surface area contributed by atoms with Gasteiger partial charge in [0.15, 0.2) is 6.61 Å². The number of carbonyl (C=O) groups is 1.